The number of hydrogen-bond donors (Lipinski definition) is 0. The Labute approximate surface area is 141 Å². The first-order valence-corrected chi connectivity index (χ1v) is 7.37. The fourth-order valence-corrected chi connectivity index (χ4v) is 2.45. The van der Waals surface area contributed by atoms with Crippen LogP contribution in [0.1, 0.15) is 15.9 Å². The Morgan fingerprint density at radius 3 is 2.52 bits per heavy atom. The lowest BCUT2D eigenvalue weighted by Crippen LogP contribution is -2.17. The first-order valence-electron chi connectivity index (χ1n) is 7.37. The molecule has 25 heavy (non-hydrogen) atoms. The van der Waals surface area contributed by atoms with Crippen molar-refractivity contribution in [2.75, 3.05) is 0 Å². The van der Waals surface area contributed by atoms with Gasteiger partial charge in [-0.3, -0.25) is 9.48 Å². The maximum atomic E-state index is 12.3. The Hall–Kier alpha value is -3.09. The van der Waals surface area contributed by atoms with Gasteiger partial charge in [0.05, 0.1) is 12.1 Å². The number of ether oxygens (including phenoxy) is 1. The summed E-state index contributed by atoms with van der Waals surface area (Å²) in [6.07, 6.45) is -2.48. The second kappa shape index (κ2) is 6.80. The van der Waals surface area contributed by atoms with Gasteiger partial charge in [-0.05, 0) is 17.7 Å². The molecule has 128 valence electrons. The molecule has 0 aliphatic carbocycles. The van der Waals surface area contributed by atoms with Crippen LogP contribution in [0.25, 0.3) is 11.3 Å². The molecule has 0 spiro atoms. The summed E-state index contributed by atoms with van der Waals surface area (Å²) in [5.74, 6) is -0.295. The number of hydrogen-bond acceptors (Lipinski definition) is 3. The predicted molar refractivity (Wildman–Crippen MR) is 85.3 cm³/mol. The molecule has 3 aromatic rings. The first-order chi connectivity index (χ1) is 11.9. The standard InChI is InChI=1S/C18H13F3N2O2/c19-18(20,21)25-16-8-4-5-13(9-16)10-23-11-15(12-24)17(22-23)14-6-2-1-3-7-14/h1-9,11-12H,10H2. The lowest BCUT2D eigenvalue weighted by Gasteiger charge is -2.10. The largest absolute Gasteiger partial charge is 0.573 e. The Kier molecular flexibility index (Phi) is 4.56. The molecule has 1 aromatic heterocycles. The summed E-state index contributed by atoms with van der Waals surface area (Å²) < 4.78 is 42.4. The van der Waals surface area contributed by atoms with Gasteiger partial charge in [0.25, 0.3) is 0 Å². The predicted octanol–water partition coefficient (Wildman–Crippen LogP) is 4.31. The van der Waals surface area contributed by atoms with Gasteiger partial charge in [-0.25, -0.2) is 0 Å². The van der Waals surface area contributed by atoms with E-state index in [1.807, 2.05) is 30.3 Å². The number of carbonyl (C=O) groups excluding carboxylic acids is 1. The smallest absolute Gasteiger partial charge is 0.406 e. The maximum absolute atomic E-state index is 12.3. The zero-order chi connectivity index (χ0) is 17.9. The van der Waals surface area contributed by atoms with Crippen LogP contribution in [0, 0.1) is 0 Å². The van der Waals surface area contributed by atoms with Crippen LogP contribution >= 0.6 is 0 Å². The van der Waals surface area contributed by atoms with Crippen LogP contribution in [0.15, 0.2) is 60.8 Å². The van der Waals surface area contributed by atoms with Crippen LogP contribution in [0.5, 0.6) is 5.75 Å². The van der Waals surface area contributed by atoms with Crippen molar-refractivity contribution in [1.29, 1.82) is 0 Å². The highest BCUT2D eigenvalue weighted by molar-refractivity contribution is 5.85. The Morgan fingerprint density at radius 1 is 1.08 bits per heavy atom. The second-order valence-electron chi connectivity index (χ2n) is 5.31. The number of aldehydes is 1. The average molecular weight is 346 g/mol. The number of aromatic nitrogens is 2. The van der Waals surface area contributed by atoms with Gasteiger partial charge < -0.3 is 4.74 Å². The van der Waals surface area contributed by atoms with Crippen LogP contribution in [0.2, 0.25) is 0 Å². The zero-order valence-electron chi connectivity index (χ0n) is 12.9. The van der Waals surface area contributed by atoms with Gasteiger partial charge in [0.1, 0.15) is 11.4 Å². The van der Waals surface area contributed by atoms with Crippen molar-refractivity contribution in [2.45, 2.75) is 12.9 Å². The van der Waals surface area contributed by atoms with Crippen molar-refractivity contribution < 1.29 is 22.7 Å². The summed E-state index contributed by atoms with van der Waals surface area (Å²) in [4.78, 5) is 11.3. The van der Waals surface area contributed by atoms with Crippen LogP contribution in [-0.4, -0.2) is 22.4 Å². The van der Waals surface area contributed by atoms with E-state index in [9.17, 15) is 18.0 Å². The molecule has 0 amide bonds. The minimum Gasteiger partial charge on any atom is -0.406 e. The van der Waals surface area contributed by atoms with Crippen LogP contribution < -0.4 is 4.74 Å². The third kappa shape index (κ3) is 4.26. The molecule has 0 bridgehead atoms. The minimum atomic E-state index is -4.74. The van der Waals surface area contributed by atoms with E-state index in [0.29, 0.717) is 23.1 Å². The van der Waals surface area contributed by atoms with Gasteiger partial charge in [-0.2, -0.15) is 5.10 Å². The summed E-state index contributed by atoms with van der Waals surface area (Å²) in [6, 6.07) is 14.8. The lowest BCUT2D eigenvalue weighted by atomic mass is 10.1. The summed E-state index contributed by atoms with van der Waals surface area (Å²) in [7, 11) is 0. The lowest BCUT2D eigenvalue weighted by molar-refractivity contribution is -0.274. The fraction of sp³-hybridized carbons (Fsp3) is 0.111. The topological polar surface area (TPSA) is 44.1 Å². The van der Waals surface area contributed by atoms with Gasteiger partial charge in [-0.1, -0.05) is 42.5 Å². The third-order valence-electron chi connectivity index (χ3n) is 3.44. The van der Waals surface area contributed by atoms with E-state index >= 15 is 0 Å². The summed E-state index contributed by atoms with van der Waals surface area (Å²) in [5, 5.41) is 4.37. The molecule has 0 saturated heterocycles. The van der Waals surface area contributed by atoms with Crippen molar-refractivity contribution in [3.8, 4) is 17.0 Å². The maximum Gasteiger partial charge on any atom is 0.573 e. The number of nitrogens with zero attached hydrogens (tertiary/aromatic N) is 2. The molecule has 4 nitrogen and oxygen atoms in total. The Balaban J connectivity index is 1.86. The van der Waals surface area contributed by atoms with Gasteiger partial charge in [0.15, 0.2) is 6.29 Å². The Morgan fingerprint density at radius 2 is 1.84 bits per heavy atom. The molecule has 0 saturated carbocycles. The SMILES string of the molecule is O=Cc1cn(Cc2cccc(OC(F)(F)F)c2)nc1-c1ccccc1. The minimum absolute atomic E-state index is 0.211. The van der Waals surface area contributed by atoms with Gasteiger partial charge in [-0.15, -0.1) is 13.2 Å². The van der Waals surface area contributed by atoms with Crippen LogP contribution in [0.4, 0.5) is 13.2 Å². The van der Waals surface area contributed by atoms with Crippen molar-refractivity contribution in [3.63, 3.8) is 0 Å². The summed E-state index contributed by atoms with van der Waals surface area (Å²) in [6.45, 7) is 0.211. The van der Waals surface area contributed by atoms with E-state index in [1.165, 1.54) is 22.9 Å². The van der Waals surface area contributed by atoms with E-state index in [1.54, 1.807) is 12.3 Å². The molecular formula is C18H13F3N2O2. The number of carbonyl (C=O) groups is 1. The normalized spacial score (nSPS) is 11.3. The Bertz CT molecular complexity index is 874. The zero-order valence-corrected chi connectivity index (χ0v) is 12.9. The molecule has 0 aliphatic heterocycles. The molecule has 3 rings (SSSR count). The monoisotopic (exact) mass is 346 g/mol. The van der Waals surface area contributed by atoms with Crippen molar-refractivity contribution in [3.05, 3.63) is 71.9 Å². The summed E-state index contributed by atoms with van der Waals surface area (Å²) >= 11 is 0. The molecule has 0 radical (unpaired) electrons. The average Bonchev–Trinajstić information content (AvgIpc) is 2.97. The third-order valence-corrected chi connectivity index (χ3v) is 3.44. The molecule has 0 atom stereocenters. The van der Waals surface area contributed by atoms with Crippen LogP contribution in [0.3, 0.4) is 0 Å². The highest BCUT2D eigenvalue weighted by atomic mass is 19.4. The molecule has 0 aliphatic rings. The van der Waals surface area contributed by atoms with Crippen molar-refractivity contribution in [1.82, 2.24) is 9.78 Å². The molecule has 2 aromatic carbocycles. The number of alkyl halides is 3. The molecule has 0 unspecified atom stereocenters. The number of halogens is 3. The molecule has 0 N–H and O–H groups in total. The highest BCUT2D eigenvalue weighted by Crippen LogP contribution is 2.24. The quantitative estimate of drug-likeness (QED) is 0.647. The fourth-order valence-electron chi connectivity index (χ4n) is 2.45. The van der Waals surface area contributed by atoms with Crippen molar-refractivity contribution >= 4 is 6.29 Å². The number of benzene rings is 2. The van der Waals surface area contributed by atoms with E-state index < -0.39 is 6.36 Å². The molecular weight excluding hydrogens is 333 g/mol. The van der Waals surface area contributed by atoms with E-state index in [0.717, 1.165) is 5.56 Å². The molecule has 7 heteroatoms. The van der Waals surface area contributed by atoms with E-state index in [4.69, 9.17) is 0 Å². The van der Waals surface area contributed by atoms with Gasteiger partial charge in [0, 0.05) is 11.8 Å². The van der Waals surface area contributed by atoms with E-state index in [-0.39, 0.29) is 12.3 Å². The number of rotatable bonds is 5. The molecule has 0 fully saturated rings. The van der Waals surface area contributed by atoms with Crippen molar-refractivity contribution in [2.24, 2.45) is 0 Å². The van der Waals surface area contributed by atoms with Gasteiger partial charge in [0.2, 0.25) is 0 Å². The first kappa shape index (κ1) is 16.8. The highest BCUT2D eigenvalue weighted by Gasteiger charge is 2.31. The second-order valence-corrected chi connectivity index (χ2v) is 5.31. The summed E-state index contributed by atoms with van der Waals surface area (Å²) in [5.41, 5.74) is 2.30. The molecule has 1 heterocycles. The van der Waals surface area contributed by atoms with Crippen LogP contribution in [-0.2, 0) is 6.54 Å². The van der Waals surface area contributed by atoms with Gasteiger partial charge >= 0.3 is 6.36 Å². The van der Waals surface area contributed by atoms with E-state index in [2.05, 4.69) is 9.84 Å².